The van der Waals surface area contributed by atoms with Crippen LogP contribution >= 0.6 is 0 Å². The van der Waals surface area contributed by atoms with E-state index in [0.29, 0.717) is 22.3 Å². The van der Waals surface area contributed by atoms with Crippen LogP contribution in [0.2, 0.25) is 0 Å². The van der Waals surface area contributed by atoms with E-state index in [2.05, 4.69) is 0 Å². The number of rotatable bonds is 4. The van der Waals surface area contributed by atoms with E-state index in [1.807, 2.05) is 60.7 Å². The minimum atomic E-state index is -3.90. The lowest BCUT2D eigenvalue weighted by molar-refractivity contribution is 0.474. The second-order valence-corrected chi connectivity index (χ2v) is 8.48. The van der Waals surface area contributed by atoms with Gasteiger partial charge in [0.05, 0.1) is 9.79 Å². The molecule has 0 aromatic heterocycles. The van der Waals surface area contributed by atoms with Crippen LogP contribution in [0.5, 0.6) is 11.5 Å². The Labute approximate surface area is 169 Å². The average molecular weight is 402 g/mol. The Morgan fingerprint density at radius 1 is 0.552 bits per heavy atom. The average Bonchev–Trinajstić information content (AvgIpc) is 2.75. The lowest BCUT2D eigenvalue weighted by Gasteiger charge is -2.17. The first-order valence-electron chi connectivity index (χ1n) is 8.99. The third-order valence-electron chi connectivity index (χ3n) is 4.71. The number of phenolic OH excluding ortho intramolecular Hbond substituents is 2. The molecule has 5 heteroatoms. The largest absolute Gasteiger partial charge is 0.508 e. The van der Waals surface area contributed by atoms with Gasteiger partial charge in [-0.15, -0.1) is 0 Å². The van der Waals surface area contributed by atoms with E-state index in [9.17, 15) is 18.6 Å². The van der Waals surface area contributed by atoms with E-state index >= 15 is 0 Å². The van der Waals surface area contributed by atoms with Gasteiger partial charge < -0.3 is 10.2 Å². The van der Waals surface area contributed by atoms with Gasteiger partial charge in [0.15, 0.2) is 0 Å². The van der Waals surface area contributed by atoms with Crippen molar-refractivity contribution in [3.8, 4) is 33.8 Å². The third-order valence-corrected chi connectivity index (χ3v) is 6.52. The van der Waals surface area contributed by atoms with E-state index < -0.39 is 9.84 Å². The predicted octanol–water partition coefficient (Wildman–Crippen LogP) is 5.26. The fraction of sp³-hybridized carbons (Fsp3) is 0. The summed E-state index contributed by atoms with van der Waals surface area (Å²) < 4.78 is 26.9. The highest BCUT2D eigenvalue weighted by atomic mass is 32.2. The maximum atomic E-state index is 13.5. The zero-order valence-corrected chi connectivity index (χ0v) is 16.2. The first-order chi connectivity index (χ1) is 14.0. The molecule has 4 aromatic rings. The Morgan fingerprint density at radius 3 is 1.62 bits per heavy atom. The summed E-state index contributed by atoms with van der Waals surface area (Å²) in [7, 11) is -3.90. The summed E-state index contributed by atoms with van der Waals surface area (Å²) in [5.41, 5.74) is 2.28. The molecule has 0 saturated heterocycles. The Balaban J connectivity index is 2.07. The lowest BCUT2D eigenvalue weighted by Crippen LogP contribution is -2.05. The van der Waals surface area contributed by atoms with Crippen LogP contribution in [0.3, 0.4) is 0 Å². The van der Waals surface area contributed by atoms with Crippen LogP contribution in [-0.4, -0.2) is 18.6 Å². The molecule has 0 spiro atoms. The number of hydrogen-bond acceptors (Lipinski definition) is 4. The van der Waals surface area contributed by atoms with Gasteiger partial charge in [0, 0.05) is 11.1 Å². The molecule has 0 aliphatic carbocycles. The molecular formula is C24H18O4S. The molecule has 0 aliphatic rings. The second-order valence-electron chi connectivity index (χ2n) is 6.56. The summed E-state index contributed by atoms with van der Waals surface area (Å²) in [6, 6.07) is 26.6. The molecule has 29 heavy (non-hydrogen) atoms. The molecule has 0 aliphatic heterocycles. The molecule has 0 atom stereocenters. The molecule has 0 unspecified atom stereocenters. The van der Waals surface area contributed by atoms with Crippen LogP contribution in [0, 0.1) is 0 Å². The van der Waals surface area contributed by atoms with Gasteiger partial charge in [-0.2, -0.15) is 0 Å². The smallest absolute Gasteiger partial charge is 0.207 e. The number of benzene rings is 4. The molecule has 4 rings (SSSR count). The van der Waals surface area contributed by atoms with Gasteiger partial charge in [-0.25, -0.2) is 8.42 Å². The van der Waals surface area contributed by atoms with E-state index in [0.717, 1.165) is 0 Å². The number of hydrogen-bond donors (Lipinski definition) is 2. The van der Waals surface area contributed by atoms with Gasteiger partial charge in [-0.05, 0) is 47.5 Å². The zero-order chi connectivity index (χ0) is 20.4. The maximum Gasteiger partial charge on any atom is 0.207 e. The quantitative estimate of drug-likeness (QED) is 0.488. The van der Waals surface area contributed by atoms with Crippen molar-refractivity contribution in [3.63, 3.8) is 0 Å². The van der Waals surface area contributed by atoms with Crippen LogP contribution in [0.25, 0.3) is 22.3 Å². The summed E-state index contributed by atoms with van der Waals surface area (Å²) in [4.78, 5) is 0.156. The molecule has 4 nitrogen and oxygen atoms in total. The van der Waals surface area contributed by atoms with Crippen molar-refractivity contribution in [2.24, 2.45) is 0 Å². The summed E-state index contributed by atoms with van der Waals surface area (Å²) >= 11 is 0. The van der Waals surface area contributed by atoms with Crippen LogP contribution < -0.4 is 0 Å². The SMILES string of the molecule is O=S(=O)(c1ccc(O)cc1)c1ccc(O)c(-c2ccccc2)c1-c1ccccc1. The van der Waals surface area contributed by atoms with Crippen LogP contribution in [0.15, 0.2) is 107 Å². The van der Waals surface area contributed by atoms with Gasteiger partial charge in [0.25, 0.3) is 0 Å². The fourth-order valence-corrected chi connectivity index (χ4v) is 4.82. The lowest BCUT2D eigenvalue weighted by atomic mass is 9.93. The molecule has 0 heterocycles. The fourth-order valence-electron chi connectivity index (χ4n) is 3.34. The summed E-state index contributed by atoms with van der Waals surface area (Å²) in [6.07, 6.45) is 0. The molecule has 0 bridgehead atoms. The number of phenols is 2. The van der Waals surface area contributed by atoms with Gasteiger partial charge >= 0.3 is 0 Å². The Kier molecular flexibility index (Phi) is 4.82. The van der Waals surface area contributed by atoms with Crippen LogP contribution in [-0.2, 0) is 9.84 Å². The molecule has 2 N–H and O–H groups in total. The third kappa shape index (κ3) is 3.48. The van der Waals surface area contributed by atoms with Crippen molar-refractivity contribution in [1.29, 1.82) is 0 Å². The summed E-state index contributed by atoms with van der Waals surface area (Å²) in [5.74, 6) is -0.0115. The Hall–Kier alpha value is -3.57. The molecule has 0 fully saturated rings. The molecule has 4 aromatic carbocycles. The Bertz CT molecular complexity index is 1250. The van der Waals surface area contributed by atoms with Gasteiger partial charge in [-0.1, -0.05) is 60.7 Å². The highest BCUT2D eigenvalue weighted by Gasteiger charge is 2.26. The number of sulfone groups is 1. The van der Waals surface area contributed by atoms with Gasteiger partial charge in [0.1, 0.15) is 11.5 Å². The highest BCUT2D eigenvalue weighted by Crippen LogP contribution is 2.44. The molecular weight excluding hydrogens is 384 g/mol. The minimum Gasteiger partial charge on any atom is -0.508 e. The van der Waals surface area contributed by atoms with Crippen molar-refractivity contribution in [3.05, 3.63) is 97.1 Å². The predicted molar refractivity (Wildman–Crippen MR) is 113 cm³/mol. The molecule has 0 amide bonds. The molecule has 144 valence electrons. The van der Waals surface area contributed by atoms with Crippen molar-refractivity contribution < 1.29 is 18.6 Å². The van der Waals surface area contributed by atoms with E-state index in [4.69, 9.17) is 0 Å². The van der Waals surface area contributed by atoms with E-state index in [1.54, 1.807) is 0 Å². The van der Waals surface area contributed by atoms with E-state index in [-0.39, 0.29) is 21.3 Å². The Morgan fingerprint density at radius 2 is 1.07 bits per heavy atom. The summed E-state index contributed by atoms with van der Waals surface area (Å²) in [5, 5.41) is 20.2. The second kappa shape index (κ2) is 7.45. The highest BCUT2D eigenvalue weighted by molar-refractivity contribution is 7.91. The first-order valence-corrected chi connectivity index (χ1v) is 10.5. The zero-order valence-electron chi connectivity index (χ0n) is 15.4. The standard InChI is InChI=1S/C24H18O4S/c25-19-11-13-20(14-12-19)29(27,28)22-16-15-21(26)23(17-7-3-1-4-8-17)24(22)18-9-5-2-6-10-18/h1-16,25-26H. The van der Waals surface area contributed by atoms with Gasteiger partial charge in [-0.3, -0.25) is 0 Å². The normalized spacial score (nSPS) is 11.3. The monoisotopic (exact) mass is 402 g/mol. The van der Waals surface area contributed by atoms with Gasteiger partial charge in [0.2, 0.25) is 9.84 Å². The summed E-state index contributed by atoms with van der Waals surface area (Å²) in [6.45, 7) is 0. The first kappa shape index (κ1) is 18.8. The number of aromatic hydroxyl groups is 2. The van der Waals surface area contributed by atoms with Crippen molar-refractivity contribution in [1.82, 2.24) is 0 Å². The molecule has 0 radical (unpaired) electrons. The van der Waals surface area contributed by atoms with Crippen molar-refractivity contribution >= 4 is 9.84 Å². The maximum absolute atomic E-state index is 13.5. The van der Waals surface area contributed by atoms with Crippen molar-refractivity contribution in [2.75, 3.05) is 0 Å². The molecule has 0 saturated carbocycles. The van der Waals surface area contributed by atoms with Crippen molar-refractivity contribution in [2.45, 2.75) is 9.79 Å². The minimum absolute atomic E-state index is 0.000269. The topological polar surface area (TPSA) is 74.6 Å². The van der Waals surface area contributed by atoms with Crippen LogP contribution in [0.4, 0.5) is 0 Å². The van der Waals surface area contributed by atoms with Crippen LogP contribution in [0.1, 0.15) is 0 Å². The van der Waals surface area contributed by atoms with E-state index in [1.165, 1.54) is 36.4 Å².